The van der Waals surface area contributed by atoms with Crippen LogP contribution < -0.4 is 5.32 Å². The average molecular weight is 266 g/mol. The Hall–Kier alpha value is -0.120. The van der Waals surface area contributed by atoms with E-state index in [0.717, 1.165) is 18.6 Å². The maximum absolute atomic E-state index is 5.74. The van der Waals surface area contributed by atoms with E-state index in [1.54, 1.807) is 0 Å². The predicted octanol–water partition coefficient (Wildman–Crippen LogP) is 2.41. The lowest BCUT2D eigenvalue weighted by molar-refractivity contribution is 0.0809. The number of hydrogen-bond acceptors (Lipinski definition) is 3. The molecule has 19 heavy (non-hydrogen) atoms. The van der Waals surface area contributed by atoms with E-state index in [2.05, 4.69) is 10.2 Å². The first kappa shape index (κ1) is 13.8. The Bertz CT molecular complexity index is 259. The van der Waals surface area contributed by atoms with Crippen molar-refractivity contribution in [1.82, 2.24) is 10.2 Å². The van der Waals surface area contributed by atoms with Gasteiger partial charge in [-0.3, -0.25) is 0 Å². The maximum atomic E-state index is 5.74. The molecule has 3 heteroatoms. The van der Waals surface area contributed by atoms with Gasteiger partial charge in [0.1, 0.15) is 0 Å². The van der Waals surface area contributed by atoms with Crippen LogP contribution in [0.5, 0.6) is 0 Å². The van der Waals surface area contributed by atoms with E-state index in [1.165, 1.54) is 77.5 Å². The quantitative estimate of drug-likeness (QED) is 0.846. The minimum atomic E-state index is 0.558. The van der Waals surface area contributed by atoms with Crippen LogP contribution in [0.2, 0.25) is 0 Å². The van der Waals surface area contributed by atoms with Crippen molar-refractivity contribution in [2.75, 3.05) is 32.8 Å². The summed E-state index contributed by atoms with van der Waals surface area (Å²) in [6.45, 7) is 5.94. The van der Waals surface area contributed by atoms with Crippen molar-refractivity contribution in [3.63, 3.8) is 0 Å². The molecule has 0 spiro atoms. The molecular formula is C16H30N2O. The highest BCUT2D eigenvalue weighted by molar-refractivity contribution is 4.86. The number of hydrogen-bond donors (Lipinski definition) is 1. The molecule has 110 valence electrons. The Morgan fingerprint density at radius 1 is 1.05 bits per heavy atom. The fourth-order valence-corrected chi connectivity index (χ4v) is 4.10. The van der Waals surface area contributed by atoms with Crippen molar-refractivity contribution in [3.8, 4) is 0 Å². The maximum Gasteiger partial charge on any atom is 0.0588 e. The Labute approximate surface area is 118 Å². The van der Waals surface area contributed by atoms with Crippen LogP contribution in [0.1, 0.15) is 51.4 Å². The number of rotatable bonds is 4. The second-order valence-electron chi connectivity index (χ2n) is 6.68. The van der Waals surface area contributed by atoms with Crippen molar-refractivity contribution in [1.29, 1.82) is 0 Å². The normalized spacial score (nSPS) is 34.7. The highest BCUT2D eigenvalue weighted by atomic mass is 16.5. The van der Waals surface area contributed by atoms with E-state index in [4.69, 9.17) is 4.74 Å². The van der Waals surface area contributed by atoms with Gasteiger partial charge in [0.25, 0.3) is 0 Å². The second kappa shape index (κ2) is 7.05. The summed E-state index contributed by atoms with van der Waals surface area (Å²) in [6, 6.07) is 0.763. The molecule has 3 nitrogen and oxygen atoms in total. The molecule has 0 radical (unpaired) electrons. The summed E-state index contributed by atoms with van der Waals surface area (Å²) in [5, 5.41) is 3.77. The number of nitrogens with one attached hydrogen (secondary N) is 1. The molecule has 2 saturated heterocycles. The molecule has 2 aliphatic heterocycles. The van der Waals surface area contributed by atoms with Gasteiger partial charge in [-0.1, -0.05) is 19.3 Å². The third-order valence-electron chi connectivity index (χ3n) is 5.30. The van der Waals surface area contributed by atoms with E-state index in [1.807, 2.05) is 0 Å². The van der Waals surface area contributed by atoms with Crippen LogP contribution in [0, 0.1) is 5.92 Å². The van der Waals surface area contributed by atoms with Crippen molar-refractivity contribution in [3.05, 3.63) is 0 Å². The summed E-state index contributed by atoms with van der Waals surface area (Å²) in [7, 11) is 0. The van der Waals surface area contributed by atoms with Gasteiger partial charge in [0.05, 0.1) is 6.10 Å². The molecule has 0 bridgehead atoms. The van der Waals surface area contributed by atoms with Gasteiger partial charge in [-0.15, -0.1) is 0 Å². The zero-order valence-electron chi connectivity index (χ0n) is 12.3. The number of piperazine rings is 1. The van der Waals surface area contributed by atoms with Gasteiger partial charge in [-0.25, -0.2) is 0 Å². The van der Waals surface area contributed by atoms with Gasteiger partial charge in [0.15, 0.2) is 0 Å². The summed E-state index contributed by atoms with van der Waals surface area (Å²) in [5.41, 5.74) is 0. The standard InChI is InChI=1S/C16H30N2O/c1-2-5-14(6-3-1)16-13-18(11-9-17-16)10-8-15-7-4-12-19-15/h14-17H,1-13H2. The third-order valence-corrected chi connectivity index (χ3v) is 5.30. The van der Waals surface area contributed by atoms with Crippen LogP contribution in [0.15, 0.2) is 0 Å². The Morgan fingerprint density at radius 3 is 2.74 bits per heavy atom. The Balaban J connectivity index is 1.41. The summed E-state index contributed by atoms with van der Waals surface area (Å²) < 4.78 is 5.74. The minimum absolute atomic E-state index is 0.558. The largest absolute Gasteiger partial charge is 0.378 e. The Morgan fingerprint density at radius 2 is 1.95 bits per heavy atom. The lowest BCUT2D eigenvalue weighted by Gasteiger charge is -2.39. The molecule has 1 N–H and O–H groups in total. The fourth-order valence-electron chi connectivity index (χ4n) is 4.10. The molecule has 1 aliphatic carbocycles. The second-order valence-corrected chi connectivity index (χ2v) is 6.68. The van der Waals surface area contributed by atoms with Gasteiger partial charge in [0.2, 0.25) is 0 Å². The average Bonchev–Trinajstić information content (AvgIpc) is 3.00. The van der Waals surface area contributed by atoms with Crippen LogP contribution in [0.3, 0.4) is 0 Å². The van der Waals surface area contributed by atoms with Gasteiger partial charge in [-0.05, 0) is 38.0 Å². The summed E-state index contributed by atoms with van der Waals surface area (Å²) in [5.74, 6) is 0.944. The molecule has 2 heterocycles. The highest BCUT2D eigenvalue weighted by Crippen LogP contribution is 2.27. The molecular weight excluding hydrogens is 236 g/mol. The lowest BCUT2D eigenvalue weighted by atomic mass is 9.83. The lowest BCUT2D eigenvalue weighted by Crippen LogP contribution is -2.54. The predicted molar refractivity (Wildman–Crippen MR) is 78.4 cm³/mol. The first-order chi connectivity index (χ1) is 9.42. The van der Waals surface area contributed by atoms with Crippen molar-refractivity contribution in [2.45, 2.75) is 63.5 Å². The van der Waals surface area contributed by atoms with Crippen LogP contribution in [-0.2, 0) is 4.74 Å². The zero-order valence-corrected chi connectivity index (χ0v) is 12.3. The highest BCUT2D eigenvalue weighted by Gasteiger charge is 2.28. The van der Waals surface area contributed by atoms with Gasteiger partial charge < -0.3 is 15.0 Å². The van der Waals surface area contributed by atoms with Gasteiger partial charge in [-0.2, -0.15) is 0 Å². The summed E-state index contributed by atoms with van der Waals surface area (Å²) in [4.78, 5) is 2.68. The molecule has 3 rings (SSSR count). The summed E-state index contributed by atoms with van der Waals surface area (Å²) >= 11 is 0. The molecule has 0 aromatic carbocycles. The van der Waals surface area contributed by atoms with Crippen molar-refractivity contribution in [2.24, 2.45) is 5.92 Å². The smallest absolute Gasteiger partial charge is 0.0588 e. The molecule has 0 aromatic heterocycles. The SMILES string of the molecule is C1CCC(C2CN(CCC3CCCO3)CCN2)CC1. The zero-order chi connectivity index (χ0) is 12.9. The van der Waals surface area contributed by atoms with Gasteiger partial charge in [0, 0.05) is 38.8 Å². The summed E-state index contributed by atoms with van der Waals surface area (Å²) in [6.07, 6.45) is 11.7. The van der Waals surface area contributed by atoms with Crippen LogP contribution >= 0.6 is 0 Å². The number of ether oxygens (including phenoxy) is 1. The van der Waals surface area contributed by atoms with E-state index in [9.17, 15) is 0 Å². The molecule has 3 aliphatic rings. The molecule has 0 amide bonds. The van der Waals surface area contributed by atoms with E-state index < -0.39 is 0 Å². The fraction of sp³-hybridized carbons (Fsp3) is 1.00. The molecule has 1 saturated carbocycles. The first-order valence-electron chi connectivity index (χ1n) is 8.49. The van der Waals surface area contributed by atoms with E-state index in [0.29, 0.717) is 6.10 Å². The van der Waals surface area contributed by atoms with E-state index in [-0.39, 0.29) is 0 Å². The number of nitrogens with zero attached hydrogens (tertiary/aromatic N) is 1. The third kappa shape index (κ3) is 3.93. The molecule has 3 fully saturated rings. The molecule has 2 atom stereocenters. The topological polar surface area (TPSA) is 24.5 Å². The van der Waals surface area contributed by atoms with Crippen LogP contribution in [-0.4, -0.2) is 49.8 Å². The van der Waals surface area contributed by atoms with Crippen molar-refractivity contribution >= 4 is 0 Å². The van der Waals surface area contributed by atoms with Gasteiger partial charge >= 0.3 is 0 Å². The molecule has 0 aromatic rings. The monoisotopic (exact) mass is 266 g/mol. The van der Waals surface area contributed by atoms with Crippen LogP contribution in [0.25, 0.3) is 0 Å². The van der Waals surface area contributed by atoms with E-state index >= 15 is 0 Å². The van der Waals surface area contributed by atoms with Crippen LogP contribution in [0.4, 0.5) is 0 Å². The molecule has 2 unspecified atom stereocenters. The van der Waals surface area contributed by atoms with Crippen molar-refractivity contribution < 1.29 is 4.74 Å². The Kier molecular flexibility index (Phi) is 5.14. The minimum Gasteiger partial charge on any atom is -0.378 e. The first-order valence-corrected chi connectivity index (χ1v) is 8.49.